The highest BCUT2D eigenvalue weighted by atomic mass is 32.2. The van der Waals surface area contributed by atoms with Crippen LogP contribution in [0.5, 0.6) is 5.75 Å². The molecule has 1 heterocycles. The molecule has 2 N–H and O–H groups in total. The summed E-state index contributed by atoms with van der Waals surface area (Å²) in [6.45, 7) is 1.83. The maximum absolute atomic E-state index is 11.6. The zero-order chi connectivity index (χ0) is 11.9. The molecule has 1 unspecified atom stereocenters. The second-order valence-corrected chi connectivity index (χ2v) is 4.90. The van der Waals surface area contributed by atoms with Gasteiger partial charge in [-0.3, -0.25) is 4.79 Å². The first-order valence-corrected chi connectivity index (χ1v) is 6.26. The lowest BCUT2D eigenvalue weighted by Gasteiger charge is -2.09. The fraction of sp³-hybridized carbons (Fsp3) is 0.182. The molecule has 0 saturated carbocycles. The van der Waals surface area contributed by atoms with Crippen LogP contribution in [0.1, 0.15) is 5.56 Å². The highest BCUT2D eigenvalue weighted by Gasteiger charge is 2.20. The van der Waals surface area contributed by atoms with Gasteiger partial charge in [0.15, 0.2) is 5.75 Å². The predicted octanol–water partition coefficient (Wildman–Crippen LogP) is 1.28. The van der Waals surface area contributed by atoms with E-state index in [0.29, 0.717) is 10.9 Å². The van der Waals surface area contributed by atoms with Gasteiger partial charge in [-0.05, 0) is 29.7 Å². The maximum atomic E-state index is 11.6. The van der Waals surface area contributed by atoms with Crippen molar-refractivity contribution in [3.63, 3.8) is 0 Å². The van der Waals surface area contributed by atoms with Crippen LogP contribution in [0.15, 0.2) is 27.9 Å². The summed E-state index contributed by atoms with van der Waals surface area (Å²) in [5.74, 6) is -0.191. The van der Waals surface area contributed by atoms with Crippen molar-refractivity contribution < 1.29 is 9.66 Å². The minimum atomic E-state index is -1.51. The third-order valence-electron chi connectivity index (χ3n) is 2.48. The zero-order valence-electron chi connectivity index (χ0n) is 8.90. The Morgan fingerprint density at radius 1 is 1.44 bits per heavy atom. The number of aromatic nitrogens is 1. The molecule has 0 aliphatic rings. The van der Waals surface area contributed by atoms with Crippen LogP contribution in [0, 0.1) is 6.92 Å². The first-order valence-electron chi connectivity index (χ1n) is 4.70. The van der Waals surface area contributed by atoms with Crippen LogP contribution in [0.4, 0.5) is 0 Å². The van der Waals surface area contributed by atoms with Gasteiger partial charge < -0.3 is 14.6 Å². The molecule has 0 saturated heterocycles. The summed E-state index contributed by atoms with van der Waals surface area (Å²) < 4.78 is 11.3. The Hall–Kier alpha value is -1.46. The summed E-state index contributed by atoms with van der Waals surface area (Å²) in [7, 11) is 0. The van der Waals surface area contributed by atoms with Crippen molar-refractivity contribution in [3.05, 3.63) is 34.1 Å². The number of para-hydroxylation sites is 1. The number of aromatic hydroxyl groups is 1. The molecule has 0 fully saturated rings. The van der Waals surface area contributed by atoms with Gasteiger partial charge in [0.05, 0.1) is 5.52 Å². The van der Waals surface area contributed by atoms with E-state index in [9.17, 15) is 14.5 Å². The number of hydrogen-bond acceptors (Lipinski definition) is 3. The molecule has 0 aliphatic heterocycles. The maximum Gasteiger partial charge on any atom is 0.307 e. The highest BCUT2D eigenvalue weighted by Crippen LogP contribution is 2.28. The number of nitrogens with one attached hydrogen (secondary N) is 1. The Kier molecular flexibility index (Phi) is 2.65. The summed E-state index contributed by atoms with van der Waals surface area (Å²) in [6, 6.07) is 5.29. The first-order chi connectivity index (χ1) is 7.52. The van der Waals surface area contributed by atoms with Crippen LogP contribution in [0.3, 0.4) is 0 Å². The van der Waals surface area contributed by atoms with E-state index in [1.807, 2.05) is 13.0 Å². The van der Waals surface area contributed by atoms with E-state index in [1.54, 1.807) is 12.1 Å². The number of aromatic amines is 1. The Balaban J connectivity index is 2.95. The number of hydrogen-bond donors (Lipinski definition) is 2. The van der Waals surface area contributed by atoms with E-state index in [2.05, 4.69) is 4.98 Å². The summed E-state index contributed by atoms with van der Waals surface area (Å²) in [6.07, 6.45) is 1.37. The second kappa shape index (κ2) is 3.84. The largest absolute Gasteiger partial charge is 0.611 e. The summed E-state index contributed by atoms with van der Waals surface area (Å²) >= 11 is -1.51. The average molecular weight is 237 g/mol. The topological polar surface area (TPSA) is 76.2 Å². The highest BCUT2D eigenvalue weighted by molar-refractivity contribution is 7.90. The molecule has 4 nitrogen and oxygen atoms in total. The van der Waals surface area contributed by atoms with E-state index >= 15 is 0 Å². The van der Waals surface area contributed by atoms with Crippen LogP contribution in [0.2, 0.25) is 0 Å². The Morgan fingerprint density at radius 3 is 2.75 bits per heavy atom. The van der Waals surface area contributed by atoms with Gasteiger partial charge in [-0.15, -0.1) is 0 Å². The lowest BCUT2D eigenvalue weighted by atomic mass is 10.1. The number of benzene rings is 1. The predicted molar refractivity (Wildman–Crippen MR) is 63.3 cm³/mol. The average Bonchev–Trinajstić information content (AvgIpc) is 2.19. The molecule has 2 aromatic rings. The van der Waals surface area contributed by atoms with E-state index in [1.165, 1.54) is 6.26 Å². The van der Waals surface area contributed by atoms with Crippen molar-refractivity contribution in [3.8, 4) is 5.75 Å². The van der Waals surface area contributed by atoms with Crippen molar-refractivity contribution in [1.29, 1.82) is 0 Å². The Morgan fingerprint density at radius 2 is 2.12 bits per heavy atom. The van der Waals surface area contributed by atoms with E-state index in [0.717, 1.165) is 5.56 Å². The third kappa shape index (κ3) is 1.58. The molecule has 1 aromatic carbocycles. The summed E-state index contributed by atoms with van der Waals surface area (Å²) in [5, 5.41) is 10.4. The van der Waals surface area contributed by atoms with Gasteiger partial charge in [0.2, 0.25) is 0 Å². The SMILES string of the molecule is Cc1cccc2c(O)c([S+](C)[O-])c(=O)[nH]c12. The number of fused-ring (bicyclic) bond motifs is 1. The van der Waals surface area contributed by atoms with E-state index in [-0.39, 0.29) is 10.6 Å². The molecular formula is C11H11NO3S. The first kappa shape index (κ1) is 11.0. The lowest BCUT2D eigenvalue weighted by molar-refractivity contribution is 0.463. The van der Waals surface area contributed by atoms with Gasteiger partial charge >= 0.3 is 5.56 Å². The van der Waals surface area contributed by atoms with Gasteiger partial charge in [0.1, 0.15) is 6.26 Å². The normalized spacial score (nSPS) is 12.9. The van der Waals surface area contributed by atoms with E-state index < -0.39 is 16.7 Å². The van der Waals surface area contributed by atoms with Gasteiger partial charge in [0, 0.05) is 5.39 Å². The van der Waals surface area contributed by atoms with Crippen molar-refractivity contribution in [1.82, 2.24) is 4.98 Å². The van der Waals surface area contributed by atoms with Gasteiger partial charge in [-0.25, -0.2) is 0 Å². The fourth-order valence-electron chi connectivity index (χ4n) is 1.70. The third-order valence-corrected chi connectivity index (χ3v) is 3.43. The molecule has 2 rings (SSSR count). The molecule has 84 valence electrons. The number of rotatable bonds is 1. The monoisotopic (exact) mass is 237 g/mol. The summed E-state index contributed by atoms with van der Waals surface area (Å²) in [4.78, 5) is 14.2. The molecule has 16 heavy (non-hydrogen) atoms. The minimum absolute atomic E-state index is 0.0712. The number of aryl methyl sites for hydroxylation is 1. The molecule has 1 aromatic heterocycles. The molecule has 0 radical (unpaired) electrons. The standard InChI is InChI=1S/C11H11NO3S/c1-6-4-3-5-7-8(6)12-11(14)10(9(7)13)16(2)15/h3-5H,1-2H3,(H2,12,13,14). The number of pyridine rings is 1. The molecule has 5 heteroatoms. The van der Waals surface area contributed by atoms with Gasteiger partial charge in [-0.2, -0.15) is 0 Å². The Bertz CT molecular complexity index is 604. The Labute approximate surface area is 95.1 Å². The minimum Gasteiger partial charge on any atom is -0.611 e. The quantitative estimate of drug-likeness (QED) is 0.733. The molecule has 1 atom stereocenters. The molecule has 0 amide bonds. The van der Waals surface area contributed by atoms with Gasteiger partial charge in [0.25, 0.3) is 4.90 Å². The molecule has 0 bridgehead atoms. The van der Waals surface area contributed by atoms with Crippen LogP contribution in [-0.4, -0.2) is 20.9 Å². The van der Waals surface area contributed by atoms with Crippen molar-refractivity contribution in [2.24, 2.45) is 0 Å². The van der Waals surface area contributed by atoms with Gasteiger partial charge in [-0.1, -0.05) is 12.1 Å². The number of H-pyrrole nitrogens is 1. The van der Waals surface area contributed by atoms with Crippen LogP contribution in [0.25, 0.3) is 10.9 Å². The van der Waals surface area contributed by atoms with E-state index in [4.69, 9.17) is 0 Å². The second-order valence-electron chi connectivity index (χ2n) is 3.58. The molecular weight excluding hydrogens is 226 g/mol. The molecule has 0 aliphatic carbocycles. The fourth-order valence-corrected chi connectivity index (χ4v) is 2.39. The lowest BCUT2D eigenvalue weighted by Crippen LogP contribution is -2.17. The van der Waals surface area contributed by atoms with Crippen LogP contribution in [-0.2, 0) is 11.2 Å². The van der Waals surface area contributed by atoms with Crippen LogP contribution < -0.4 is 5.56 Å². The molecule has 0 spiro atoms. The smallest absolute Gasteiger partial charge is 0.307 e. The zero-order valence-corrected chi connectivity index (χ0v) is 9.72. The van der Waals surface area contributed by atoms with Crippen LogP contribution >= 0.6 is 0 Å². The van der Waals surface area contributed by atoms with Crippen molar-refractivity contribution >= 4 is 22.1 Å². The summed E-state index contributed by atoms with van der Waals surface area (Å²) in [5.41, 5.74) is 0.942. The van der Waals surface area contributed by atoms with Crippen molar-refractivity contribution in [2.75, 3.05) is 6.26 Å². The van der Waals surface area contributed by atoms with Crippen molar-refractivity contribution in [2.45, 2.75) is 11.8 Å².